The Kier molecular flexibility index (Phi) is 6.31. The van der Waals surface area contributed by atoms with Crippen LogP contribution in [0, 0.1) is 10.1 Å². The van der Waals surface area contributed by atoms with Crippen LogP contribution in [-0.4, -0.2) is 70.4 Å². The standard InChI is InChI=1S/C15H22N4O4.C2H6/c1-15(2,18-8-12(20)9-18)13-10-17(5-6-23-13)11-3-4-14(16-7-11)19(21)22;1-2/h3-4,7,12-13,20H,5-6,8-10H2,1-2H3;1-2H3. The van der Waals surface area contributed by atoms with Crippen LogP contribution >= 0.6 is 0 Å². The van der Waals surface area contributed by atoms with Gasteiger partial charge >= 0.3 is 5.82 Å². The van der Waals surface area contributed by atoms with Crippen molar-refractivity contribution >= 4 is 11.5 Å². The summed E-state index contributed by atoms with van der Waals surface area (Å²) in [6, 6.07) is 3.16. The number of hydrogen-bond donors (Lipinski definition) is 1. The van der Waals surface area contributed by atoms with Gasteiger partial charge in [-0.1, -0.05) is 13.8 Å². The Balaban J connectivity index is 0.00000109. The average molecular weight is 352 g/mol. The highest BCUT2D eigenvalue weighted by atomic mass is 16.6. The first-order valence-electron chi connectivity index (χ1n) is 8.78. The summed E-state index contributed by atoms with van der Waals surface area (Å²) in [5.41, 5.74) is 0.690. The number of nitrogens with zero attached hydrogens (tertiary/aromatic N) is 4. The molecule has 25 heavy (non-hydrogen) atoms. The number of pyridine rings is 1. The van der Waals surface area contributed by atoms with Gasteiger partial charge in [0, 0.05) is 37.8 Å². The fraction of sp³-hybridized carbons (Fsp3) is 0.706. The van der Waals surface area contributed by atoms with E-state index in [2.05, 4.69) is 28.6 Å². The van der Waals surface area contributed by atoms with Crippen molar-refractivity contribution in [3.8, 4) is 0 Å². The molecule has 0 radical (unpaired) electrons. The topological polar surface area (TPSA) is 92.0 Å². The van der Waals surface area contributed by atoms with E-state index in [0.717, 1.165) is 12.2 Å². The largest absolute Gasteiger partial charge is 0.390 e. The fourth-order valence-electron chi connectivity index (χ4n) is 3.11. The molecule has 140 valence electrons. The van der Waals surface area contributed by atoms with Crippen LogP contribution < -0.4 is 4.90 Å². The molecule has 8 nitrogen and oxygen atoms in total. The van der Waals surface area contributed by atoms with Crippen molar-refractivity contribution in [2.45, 2.75) is 45.4 Å². The fourth-order valence-corrected chi connectivity index (χ4v) is 3.11. The second-order valence-corrected chi connectivity index (χ2v) is 6.65. The van der Waals surface area contributed by atoms with Crippen molar-refractivity contribution in [3.05, 3.63) is 28.4 Å². The average Bonchev–Trinajstić information content (AvgIpc) is 2.61. The zero-order valence-electron chi connectivity index (χ0n) is 15.4. The Morgan fingerprint density at radius 1 is 1.32 bits per heavy atom. The summed E-state index contributed by atoms with van der Waals surface area (Å²) < 4.78 is 5.95. The molecule has 3 heterocycles. The summed E-state index contributed by atoms with van der Waals surface area (Å²) in [5, 5.41) is 20.2. The molecule has 0 aliphatic carbocycles. The third-order valence-corrected chi connectivity index (χ3v) is 4.82. The van der Waals surface area contributed by atoms with Crippen molar-refractivity contribution in [1.82, 2.24) is 9.88 Å². The van der Waals surface area contributed by atoms with Gasteiger partial charge in [0.25, 0.3) is 0 Å². The minimum absolute atomic E-state index is 0.000980. The maximum absolute atomic E-state index is 10.7. The van der Waals surface area contributed by atoms with E-state index in [1.54, 1.807) is 12.3 Å². The molecule has 0 aromatic carbocycles. The summed E-state index contributed by atoms with van der Waals surface area (Å²) in [6.45, 7) is 11.6. The third-order valence-electron chi connectivity index (χ3n) is 4.82. The van der Waals surface area contributed by atoms with Gasteiger partial charge in [0.2, 0.25) is 0 Å². The van der Waals surface area contributed by atoms with E-state index in [9.17, 15) is 15.2 Å². The highest BCUT2D eigenvalue weighted by Crippen LogP contribution is 2.30. The van der Waals surface area contributed by atoms with E-state index in [1.807, 2.05) is 13.8 Å². The Morgan fingerprint density at radius 3 is 2.52 bits per heavy atom. The molecule has 0 bridgehead atoms. The zero-order chi connectivity index (χ0) is 18.6. The van der Waals surface area contributed by atoms with Crippen LogP contribution in [0.1, 0.15) is 27.7 Å². The number of ether oxygens (including phenoxy) is 1. The first kappa shape index (κ1) is 19.6. The number of morpholine rings is 1. The number of β-amino-alcohol motifs (C(OH)–C–C–N with tert-alkyl or cyclic N) is 1. The number of aliphatic hydroxyl groups is 1. The zero-order valence-corrected chi connectivity index (χ0v) is 15.4. The van der Waals surface area contributed by atoms with Crippen molar-refractivity contribution in [1.29, 1.82) is 0 Å². The number of nitro groups is 1. The minimum atomic E-state index is -0.496. The van der Waals surface area contributed by atoms with Gasteiger partial charge in [-0.15, -0.1) is 0 Å². The monoisotopic (exact) mass is 352 g/mol. The molecule has 1 unspecified atom stereocenters. The quantitative estimate of drug-likeness (QED) is 0.651. The molecular formula is C17H28N4O4. The maximum atomic E-state index is 10.7. The number of rotatable bonds is 4. The third kappa shape index (κ3) is 4.26. The van der Waals surface area contributed by atoms with Crippen LogP contribution in [0.15, 0.2) is 18.3 Å². The number of aromatic nitrogens is 1. The Morgan fingerprint density at radius 2 is 2.00 bits per heavy atom. The summed E-state index contributed by atoms with van der Waals surface area (Å²) in [4.78, 5) is 18.5. The molecule has 0 saturated carbocycles. The molecule has 1 aromatic rings. The molecule has 1 aromatic heterocycles. The Labute approximate surface area is 148 Å². The van der Waals surface area contributed by atoms with Crippen LogP contribution in [0.4, 0.5) is 11.5 Å². The maximum Gasteiger partial charge on any atom is 0.363 e. The van der Waals surface area contributed by atoms with Crippen LogP contribution in [-0.2, 0) is 4.74 Å². The van der Waals surface area contributed by atoms with Crippen LogP contribution in [0.25, 0.3) is 0 Å². The lowest BCUT2D eigenvalue weighted by atomic mass is 9.89. The lowest BCUT2D eigenvalue weighted by Gasteiger charge is -2.52. The van der Waals surface area contributed by atoms with Crippen molar-refractivity contribution < 1.29 is 14.8 Å². The van der Waals surface area contributed by atoms with Crippen LogP contribution in [0.5, 0.6) is 0 Å². The van der Waals surface area contributed by atoms with Gasteiger partial charge in [-0.05, 0) is 29.8 Å². The van der Waals surface area contributed by atoms with Crippen molar-refractivity contribution in [3.63, 3.8) is 0 Å². The van der Waals surface area contributed by atoms with E-state index in [0.29, 0.717) is 26.2 Å². The van der Waals surface area contributed by atoms with E-state index >= 15 is 0 Å². The van der Waals surface area contributed by atoms with Gasteiger partial charge in [0.1, 0.15) is 0 Å². The van der Waals surface area contributed by atoms with Crippen molar-refractivity contribution in [2.75, 3.05) is 37.7 Å². The molecule has 0 spiro atoms. The first-order valence-corrected chi connectivity index (χ1v) is 8.78. The molecule has 2 aliphatic rings. The second-order valence-electron chi connectivity index (χ2n) is 6.65. The molecule has 1 atom stereocenters. The lowest BCUT2D eigenvalue weighted by molar-refractivity contribution is -0.389. The summed E-state index contributed by atoms with van der Waals surface area (Å²) >= 11 is 0. The molecule has 2 saturated heterocycles. The molecule has 3 rings (SSSR count). The molecule has 1 N–H and O–H groups in total. The Bertz CT molecular complexity index is 573. The van der Waals surface area contributed by atoms with Gasteiger partial charge in [0.05, 0.1) is 24.5 Å². The van der Waals surface area contributed by atoms with Gasteiger partial charge < -0.3 is 24.9 Å². The highest BCUT2D eigenvalue weighted by molar-refractivity contribution is 5.47. The number of aliphatic hydroxyl groups excluding tert-OH is 1. The predicted molar refractivity (Wildman–Crippen MR) is 95.9 cm³/mol. The van der Waals surface area contributed by atoms with E-state index < -0.39 is 4.92 Å². The summed E-state index contributed by atoms with van der Waals surface area (Å²) in [6.07, 6.45) is 1.30. The minimum Gasteiger partial charge on any atom is -0.390 e. The highest BCUT2D eigenvalue weighted by Gasteiger charge is 2.44. The Hall–Kier alpha value is -1.77. The molecule has 2 aliphatic heterocycles. The van der Waals surface area contributed by atoms with E-state index in [1.165, 1.54) is 6.07 Å². The summed E-state index contributed by atoms with van der Waals surface area (Å²) in [5.74, 6) is -0.145. The SMILES string of the molecule is CC.CC(C)(C1CN(c2ccc([N+](=O)[O-])nc2)CCO1)N1CC(O)C1. The first-order chi connectivity index (χ1) is 11.9. The number of anilines is 1. The van der Waals surface area contributed by atoms with E-state index in [-0.39, 0.29) is 23.6 Å². The van der Waals surface area contributed by atoms with Crippen molar-refractivity contribution in [2.24, 2.45) is 0 Å². The second kappa shape index (κ2) is 8.07. The molecule has 2 fully saturated rings. The normalized spacial score (nSPS) is 22.0. The van der Waals surface area contributed by atoms with E-state index in [4.69, 9.17) is 4.74 Å². The van der Waals surface area contributed by atoms with Gasteiger partial charge in [-0.25, -0.2) is 0 Å². The van der Waals surface area contributed by atoms with Gasteiger partial charge in [0.15, 0.2) is 6.20 Å². The number of likely N-dealkylation sites (tertiary alicyclic amines) is 1. The molecule has 8 heteroatoms. The van der Waals surface area contributed by atoms with Crippen LogP contribution in [0.3, 0.4) is 0 Å². The van der Waals surface area contributed by atoms with Crippen LogP contribution in [0.2, 0.25) is 0 Å². The lowest BCUT2D eigenvalue weighted by Crippen LogP contribution is -2.67. The van der Waals surface area contributed by atoms with Gasteiger partial charge in [-0.2, -0.15) is 0 Å². The smallest absolute Gasteiger partial charge is 0.363 e. The predicted octanol–water partition coefficient (Wildman–Crippen LogP) is 1.68. The molecular weight excluding hydrogens is 324 g/mol. The summed E-state index contributed by atoms with van der Waals surface area (Å²) in [7, 11) is 0. The molecule has 0 amide bonds. The number of hydrogen-bond acceptors (Lipinski definition) is 7. The van der Waals surface area contributed by atoms with Gasteiger partial charge in [-0.3, -0.25) is 4.90 Å².